The number of hydrogen-bond acceptors (Lipinski definition) is 2. The zero-order chi connectivity index (χ0) is 7.84. The van der Waals surface area contributed by atoms with Crippen LogP contribution in [0.3, 0.4) is 0 Å². The smallest absolute Gasteiger partial charge is 0.244 e. The molecule has 0 N–H and O–H groups in total. The van der Waals surface area contributed by atoms with Crippen LogP contribution in [-0.2, 0) is 0 Å². The van der Waals surface area contributed by atoms with E-state index in [0.29, 0.717) is 16.0 Å². The van der Waals surface area contributed by atoms with Gasteiger partial charge in [-0.2, -0.15) is 9.98 Å². The van der Waals surface area contributed by atoms with E-state index in [4.69, 9.17) is 11.6 Å². The van der Waals surface area contributed by atoms with Gasteiger partial charge in [0.05, 0.1) is 0 Å². The molecule has 11 heavy (non-hydrogen) atoms. The van der Waals surface area contributed by atoms with Crippen LogP contribution in [0.25, 0.3) is 0 Å². The van der Waals surface area contributed by atoms with Crippen LogP contribution in [0.4, 0.5) is 4.79 Å². The highest BCUT2D eigenvalue weighted by Crippen LogP contribution is 1.96. The second kappa shape index (κ2) is 2.10. The lowest BCUT2D eigenvalue weighted by atomic mass is 10.5. The molecule has 0 bridgehead atoms. The summed E-state index contributed by atoms with van der Waals surface area (Å²) in [6.45, 7) is 0. The van der Waals surface area contributed by atoms with Gasteiger partial charge in [-0.1, -0.05) is 11.6 Å². The van der Waals surface area contributed by atoms with E-state index in [0.717, 1.165) is 0 Å². The molecule has 0 radical (unpaired) electrons. The lowest BCUT2D eigenvalue weighted by Gasteiger charge is -1.82. The highest BCUT2D eigenvalue weighted by atomic mass is 35.5. The predicted molar refractivity (Wildman–Crippen MR) is 37.0 cm³/mol. The average Bonchev–Trinajstić information content (AvgIpc) is 2.27. The summed E-state index contributed by atoms with van der Waals surface area (Å²) in [5.74, 6) is 0. The molecule has 0 aromatic carbocycles. The third-order valence-electron chi connectivity index (χ3n) is 1.24. The van der Waals surface area contributed by atoms with Gasteiger partial charge in [0.25, 0.3) is 0 Å². The average molecular weight is 168 g/mol. The molecule has 0 unspecified atom stereocenters. The highest BCUT2D eigenvalue weighted by molar-refractivity contribution is 6.29. The van der Waals surface area contributed by atoms with Crippen molar-refractivity contribution in [3.63, 3.8) is 0 Å². The van der Waals surface area contributed by atoms with Crippen molar-refractivity contribution in [2.24, 2.45) is 9.98 Å². The Balaban J connectivity index is 2.89. The summed E-state index contributed by atoms with van der Waals surface area (Å²) in [5.41, 5.74) is 0.308. The molecule has 0 spiro atoms. The maximum atomic E-state index is 10.6. The van der Waals surface area contributed by atoms with Gasteiger partial charge >= 0.3 is 6.03 Å². The van der Waals surface area contributed by atoms with Crippen molar-refractivity contribution >= 4 is 17.6 Å². The van der Waals surface area contributed by atoms with Crippen LogP contribution in [0.15, 0.2) is 22.1 Å². The Morgan fingerprint density at radius 1 is 1.27 bits per heavy atom. The summed E-state index contributed by atoms with van der Waals surface area (Å²) in [5, 5.41) is 0.803. The molecule has 0 saturated heterocycles. The Labute approximate surface area is 66.3 Å². The van der Waals surface area contributed by atoms with E-state index in [1.807, 2.05) is 0 Å². The van der Waals surface area contributed by atoms with Crippen LogP contribution >= 0.6 is 11.6 Å². The molecule has 0 saturated carbocycles. The van der Waals surface area contributed by atoms with E-state index < -0.39 is 6.03 Å². The monoisotopic (exact) mass is 167 g/mol. The van der Waals surface area contributed by atoms with Crippen molar-refractivity contribution in [3.05, 3.63) is 28.1 Å². The molecule has 1 aromatic rings. The quantitative estimate of drug-likeness (QED) is 0.515. The van der Waals surface area contributed by atoms with Gasteiger partial charge < -0.3 is 0 Å². The number of carbonyl (C=O) groups is 1. The Hall–Kier alpha value is -1.29. The Bertz CT molecular complexity index is 440. The number of halogens is 1. The summed E-state index contributed by atoms with van der Waals surface area (Å²) >= 11 is 5.55. The first-order valence-electron chi connectivity index (χ1n) is 2.90. The van der Waals surface area contributed by atoms with Crippen LogP contribution in [0.1, 0.15) is 0 Å². The summed E-state index contributed by atoms with van der Waals surface area (Å²) in [6, 6.07) is 2.66. The first-order chi connectivity index (χ1) is 5.25. The van der Waals surface area contributed by atoms with Gasteiger partial charge in [-0.25, -0.2) is 9.78 Å². The van der Waals surface area contributed by atoms with Gasteiger partial charge in [0, 0.05) is 0 Å². The van der Waals surface area contributed by atoms with Gasteiger partial charge in [0.15, 0.2) is 5.49 Å². The van der Waals surface area contributed by atoms with Gasteiger partial charge in [-0.05, 0) is 12.1 Å². The number of fused-ring (bicyclic) bond motifs is 1. The molecule has 1 aliphatic heterocycles. The molecule has 0 atom stereocenters. The largest absolute Gasteiger partial charge is 0.369 e. The van der Waals surface area contributed by atoms with Crippen LogP contribution in [-0.4, -0.2) is 11.0 Å². The van der Waals surface area contributed by atoms with E-state index in [9.17, 15) is 4.79 Å². The number of nitrogens with zero attached hydrogens (tertiary/aromatic N) is 3. The minimum absolute atomic E-state index is 0.308. The van der Waals surface area contributed by atoms with Crippen molar-refractivity contribution in [2.75, 3.05) is 0 Å². The zero-order valence-electron chi connectivity index (χ0n) is 5.28. The van der Waals surface area contributed by atoms with Gasteiger partial charge in [0.2, 0.25) is 0 Å². The van der Waals surface area contributed by atoms with Crippen LogP contribution in [0, 0.1) is 0 Å². The first-order valence-corrected chi connectivity index (χ1v) is 3.27. The summed E-state index contributed by atoms with van der Waals surface area (Å²) in [4.78, 5) is 21.5. The lowest BCUT2D eigenvalue weighted by Crippen LogP contribution is -2.24. The van der Waals surface area contributed by atoms with Crippen molar-refractivity contribution in [1.29, 1.82) is 0 Å². The van der Waals surface area contributed by atoms with Crippen molar-refractivity contribution in [2.45, 2.75) is 0 Å². The van der Waals surface area contributed by atoms with Gasteiger partial charge in [-0.15, -0.1) is 0 Å². The maximum Gasteiger partial charge on any atom is 0.369 e. The Kier molecular flexibility index (Phi) is 1.22. The van der Waals surface area contributed by atoms with E-state index in [1.165, 1.54) is 0 Å². The summed E-state index contributed by atoms with van der Waals surface area (Å²) in [7, 11) is 0. The molecule has 2 heterocycles. The lowest BCUT2D eigenvalue weighted by molar-refractivity contribution is 0.256. The molecule has 5 heteroatoms. The van der Waals surface area contributed by atoms with E-state index in [1.54, 1.807) is 12.1 Å². The van der Waals surface area contributed by atoms with E-state index >= 15 is 0 Å². The molecular weight excluding hydrogens is 166 g/mol. The molecule has 4 nitrogen and oxygen atoms in total. The molecule has 1 aromatic heterocycles. The number of carbonyl (C=O) groups excluding carboxylic acids is 1. The van der Waals surface area contributed by atoms with Crippen LogP contribution in [0.5, 0.6) is 0 Å². The van der Waals surface area contributed by atoms with Crippen molar-refractivity contribution in [3.8, 4) is 0 Å². The molecule has 1 aliphatic rings. The van der Waals surface area contributed by atoms with Crippen LogP contribution in [0.2, 0.25) is 5.15 Å². The van der Waals surface area contributed by atoms with Gasteiger partial charge in [0.1, 0.15) is 10.5 Å². The first kappa shape index (κ1) is 6.42. The van der Waals surface area contributed by atoms with Crippen molar-refractivity contribution < 1.29 is 4.79 Å². The molecule has 0 fully saturated rings. The van der Waals surface area contributed by atoms with Crippen LogP contribution < -0.4 is 10.8 Å². The predicted octanol–water partition coefficient (Wildman–Crippen LogP) is 0.108. The minimum Gasteiger partial charge on any atom is -0.244 e. The molecule has 0 aliphatic carbocycles. The topological polar surface area (TPSA) is 54.7 Å². The summed E-state index contributed by atoms with van der Waals surface area (Å²) in [6.07, 6.45) is 0. The minimum atomic E-state index is -0.519. The number of urea groups is 1. The van der Waals surface area contributed by atoms with Gasteiger partial charge in [-0.3, -0.25) is 0 Å². The second-order valence-corrected chi connectivity index (χ2v) is 2.37. The number of pyridine rings is 1. The highest BCUT2D eigenvalue weighted by Gasteiger charge is 2.04. The molecular formula is C6H2ClN3O. The van der Waals surface area contributed by atoms with E-state index in [2.05, 4.69) is 15.0 Å². The fourth-order valence-electron chi connectivity index (χ4n) is 0.806. The second-order valence-electron chi connectivity index (χ2n) is 1.98. The molecule has 2 amide bonds. The SMILES string of the molecule is O=C1N=c2ccc(Cl)nc2=N1. The third-order valence-corrected chi connectivity index (χ3v) is 1.45. The fourth-order valence-corrected chi connectivity index (χ4v) is 0.949. The number of amides is 2. The Morgan fingerprint density at radius 3 is 2.91 bits per heavy atom. The number of rotatable bonds is 0. The number of hydrogen-bond donors (Lipinski definition) is 0. The Morgan fingerprint density at radius 2 is 2.09 bits per heavy atom. The number of aromatic nitrogens is 1. The fraction of sp³-hybridized carbons (Fsp3) is 0. The van der Waals surface area contributed by atoms with Crippen molar-refractivity contribution in [1.82, 2.24) is 4.98 Å². The normalized spacial score (nSPS) is 13.7. The standard InChI is InChI=1S/C6H2ClN3O/c7-4-2-1-3-5(9-4)10-6(11)8-3/h1-2H. The molecule has 2 rings (SSSR count). The summed E-state index contributed by atoms with van der Waals surface area (Å²) < 4.78 is 0. The maximum absolute atomic E-state index is 10.6. The zero-order valence-corrected chi connectivity index (χ0v) is 6.04. The third kappa shape index (κ3) is 1.01. The van der Waals surface area contributed by atoms with E-state index in [-0.39, 0.29) is 0 Å². The molecule has 54 valence electrons.